The molecule has 1 N–H and O–H groups in total. The molecule has 0 radical (unpaired) electrons. The smallest absolute Gasteiger partial charge is 0.416 e. The van der Waals surface area contributed by atoms with Crippen LogP contribution in [0.2, 0.25) is 0 Å². The fourth-order valence-electron chi connectivity index (χ4n) is 3.28. The van der Waals surface area contributed by atoms with E-state index < -0.39 is 59.0 Å². The first-order valence-electron chi connectivity index (χ1n) is 9.62. The number of unbranched alkanes of at least 4 members (excludes halogenated alkanes) is 1. The van der Waals surface area contributed by atoms with E-state index in [4.69, 9.17) is 4.74 Å². The van der Waals surface area contributed by atoms with Crippen molar-refractivity contribution in [3.63, 3.8) is 0 Å². The number of benzene rings is 2. The van der Waals surface area contributed by atoms with E-state index in [0.29, 0.717) is 18.6 Å². The second kappa shape index (κ2) is 9.72. The summed E-state index contributed by atoms with van der Waals surface area (Å²) in [7, 11) is 0. The van der Waals surface area contributed by atoms with E-state index in [0.717, 1.165) is 30.7 Å². The summed E-state index contributed by atoms with van der Waals surface area (Å²) in [5.41, 5.74) is -6.83. The van der Waals surface area contributed by atoms with Gasteiger partial charge in [0.25, 0.3) is 0 Å². The Kier molecular flexibility index (Phi) is 7.75. The molecule has 3 nitrogen and oxygen atoms in total. The van der Waals surface area contributed by atoms with Crippen LogP contribution in [0.25, 0.3) is 0 Å². The minimum Gasteiger partial charge on any atom is -0.466 e. The van der Waals surface area contributed by atoms with Crippen LogP contribution in [0.5, 0.6) is 0 Å². The first-order chi connectivity index (χ1) is 14.4. The lowest BCUT2D eigenvalue weighted by Crippen LogP contribution is -2.34. The average Bonchev–Trinajstić information content (AvgIpc) is 2.71. The maximum Gasteiger partial charge on any atom is 0.416 e. The molecule has 2 aromatic carbocycles. The summed E-state index contributed by atoms with van der Waals surface area (Å²) in [6, 6.07) is 7.70. The molecule has 31 heavy (non-hydrogen) atoms. The minimum atomic E-state index is -4.93. The van der Waals surface area contributed by atoms with Crippen molar-refractivity contribution in [1.29, 1.82) is 0 Å². The molecule has 0 aliphatic heterocycles. The number of carbonyl (C=O) groups excluding carboxylic acids is 1. The third kappa shape index (κ3) is 6.00. The van der Waals surface area contributed by atoms with Crippen LogP contribution in [0, 0.1) is 0 Å². The Morgan fingerprint density at radius 3 is 1.65 bits per heavy atom. The number of rotatable bonds is 8. The van der Waals surface area contributed by atoms with Gasteiger partial charge in [-0.2, -0.15) is 26.3 Å². The molecule has 0 aliphatic carbocycles. The number of hydrogen-bond donors (Lipinski definition) is 1. The van der Waals surface area contributed by atoms with E-state index in [1.165, 1.54) is 12.1 Å². The van der Waals surface area contributed by atoms with Crippen molar-refractivity contribution < 1.29 is 41.0 Å². The Morgan fingerprint density at radius 2 is 1.26 bits per heavy atom. The highest BCUT2D eigenvalue weighted by molar-refractivity contribution is 5.69. The van der Waals surface area contributed by atoms with E-state index >= 15 is 0 Å². The molecule has 0 saturated heterocycles. The third-order valence-electron chi connectivity index (χ3n) is 4.81. The van der Waals surface area contributed by atoms with Crippen LogP contribution < -0.4 is 0 Å². The Bertz CT molecular complexity index is 832. The molecule has 2 aromatic rings. The number of ether oxygens (including phenoxy) is 1. The fraction of sp³-hybridized carbons (Fsp3) is 0.409. The zero-order chi connectivity index (χ0) is 23.3. The highest BCUT2D eigenvalue weighted by Gasteiger charge is 2.46. The number of halogens is 6. The number of alkyl halides is 6. The van der Waals surface area contributed by atoms with Crippen LogP contribution in [-0.2, 0) is 27.5 Å². The maximum absolute atomic E-state index is 13.6. The van der Waals surface area contributed by atoms with Gasteiger partial charge in [-0.25, -0.2) is 0 Å². The van der Waals surface area contributed by atoms with E-state index in [-0.39, 0.29) is 6.61 Å². The second-order valence-corrected chi connectivity index (χ2v) is 7.02. The molecule has 0 aromatic heterocycles. The van der Waals surface area contributed by atoms with Gasteiger partial charge in [0, 0.05) is 17.5 Å². The van der Waals surface area contributed by atoms with Gasteiger partial charge in [0.15, 0.2) is 0 Å². The van der Waals surface area contributed by atoms with Crippen LogP contribution in [0.15, 0.2) is 48.5 Å². The molecule has 0 unspecified atom stereocenters. The summed E-state index contributed by atoms with van der Waals surface area (Å²) in [6.07, 6.45) is -9.87. The van der Waals surface area contributed by atoms with E-state index in [1.54, 1.807) is 0 Å². The quantitative estimate of drug-likeness (QED) is 0.302. The van der Waals surface area contributed by atoms with Crippen LogP contribution >= 0.6 is 0 Å². The number of carbonyl (C=O) groups is 1. The number of hydrogen-bond acceptors (Lipinski definition) is 3. The Hall–Kier alpha value is -2.55. The Labute approximate surface area is 175 Å². The van der Waals surface area contributed by atoms with Crippen LogP contribution in [-0.4, -0.2) is 17.7 Å². The van der Waals surface area contributed by atoms with Crippen LogP contribution in [0.4, 0.5) is 26.3 Å². The van der Waals surface area contributed by atoms with E-state index in [9.17, 15) is 36.2 Å². The summed E-state index contributed by atoms with van der Waals surface area (Å²) in [6.45, 7) is 1.93. The maximum atomic E-state index is 13.6. The van der Waals surface area contributed by atoms with E-state index in [2.05, 4.69) is 0 Å². The van der Waals surface area contributed by atoms with Gasteiger partial charge < -0.3 is 9.84 Å². The average molecular weight is 448 g/mol. The monoisotopic (exact) mass is 448 g/mol. The zero-order valence-corrected chi connectivity index (χ0v) is 16.7. The second-order valence-electron chi connectivity index (χ2n) is 7.02. The first kappa shape index (κ1) is 24.7. The van der Waals surface area contributed by atoms with Gasteiger partial charge in [0.05, 0.1) is 17.7 Å². The van der Waals surface area contributed by atoms with Gasteiger partial charge in [0.2, 0.25) is 0 Å². The van der Waals surface area contributed by atoms with Crippen molar-refractivity contribution in [2.24, 2.45) is 0 Å². The van der Waals surface area contributed by atoms with Crippen molar-refractivity contribution in [2.75, 3.05) is 6.61 Å². The molecule has 0 saturated carbocycles. The van der Waals surface area contributed by atoms with Crippen molar-refractivity contribution >= 4 is 5.97 Å². The molecule has 0 aliphatic rings. The summed E-state index contributed by atoms with van der Waals surface area (Å²) in [5, 5.41) is 11.4. The van der Waals surface area contributed by atoms with Gasteiger partial charge in [0.1, 0.15) is 5.60 Å². The fourth-order valence-corrected chi connectivity index (χ4v) is 3.28. The van der Waals surface area contributed by atoms with Gasteiger partial charge in [-0.15, -0.1) is 0 Å². The highest BCUT2D eigenvalue weighted by Crippen LogP contribution is 2.45. The molecule has 9 heteroatoms. The molecule has 0 atom stereocenters. The summed E-state index contributed by atoms with van der Waals surface area (Å²) in [5.74, 6) is -0.819. The summed E-state index contributed by atoms with van der Waals surface area (Å²) >= 11 is 0. The Balaban J connectivity index is 2.59. The minimum absolute atomic E-state index is 0.0754. The van der Waals surface area contributed by atoms with Crippen molar-refractivity contribution in [3.8, 4) is 0 Å². The van der Waals surface area contributed by atoms with Gasteiger partial charge in [-0.05, 0) is 25.0 Å². The lowest BCUT2D eigenvalue weighted by Gasteiger charge is -2.33. The van der Waals surface area contributed by atoms with Crippen LogP contribution in [0.1, 0.15) is 54.9 Å². The molecule has 0 fully saturated rings. The predicted octanol–water partition coefficient (Wildman–Crippen LogP) is 6.08. The van der Waals surface area contributed by atoms with Crippen molar-refractivity contribution in [2.45, 2.75) is 50.6 Å². The SMILES string of the molecule is CCCCOC(=O)CCC(O)(c1ccccc1C(F)(F)F)c1ccccc1C(F)(F)F. The standard InChI is InChI=1S/C22H22F6O3/c1-2-3-14-31-19(29)12-13-20(30,15-8-4-6-10-17(15)21(23,24)25)16-9-5-7-11-18(16)22(26,27)28/h4-11,30H,2-3,12-14H2,1H3. The van der Waals surface area contributed by atoms with Crippen molar-refractivity contribution in [3.05, 3.63) is 70.8 Å². The van der Waals surface area contributed by atoms with Gasteiger partial charge in [-0.1, -0.05) is 49.7 Å². The molecule has 170 valence electrons. The van der Waals surface area contributed by atoms with Crippen LogP contribution in [0.3, 0.4) is 0 Å². The molecule has 0 bridgehead atoms. The lowest BCUT2D eigenvalue weighted by molar-refractivity contribution is -0.145. The molecule has 0 heterocycles. The van der Waals surface area contributed by atoms with E-state index in [1.807, 2.05) is 6.92 Å². The molecule has 0 amide bonds. The molecular weight excluding hydrogens is 426 g/mol. The molecule has 2 rings (SSSR count). The largest absolute Gasteiger partial charge is 0.466 e. The topological polar surface area (TPSA) is 46.5 Å². The summed E-state index contributed by atoms with van der Waals surface area (Å²) in [4.78, 5) is 12.0. The number of aliphatic hydroxyl groups is 1. The highest BCUT2D eigenvalue weighted by atomic mass is 19.4. The zero-order valence-electron chi connectivity index (χ0n) is 16.7. The molecular formula is C22H22F6O3. The predicted molar refractivity (Wildman–Crippen MR) is 101 cm³/mol. The van der Waals surface area contributed by atoms with Crippen molar-refractivity contribution in [1.82, 2.24) is 0 Å². The normalized spacial score (nSPS) is 12.6. The first-order valence-corrected chi connectivity index (χ1v) is 9.62. The Morgan fingerprint density at radius 1 is 0.839 bits per heavy atom. The van der Waals surface area contributed by atoms with Gasteiger partial charge >= 0.3 is 18.3 Å². The molecule has 0 spiro atoms. The summed E-state index contributed by atoms with van der Waals surface area (Å²) < 4.78 is 86.6. The third-order valence-corrected chi connectivity index (χ3v) is 4.81. The van der Waals surface area contributed by atoms with Gasteiger partial charge in [-0.3, -0.25) is 4.79 Å². The lowest BCUT2D eigenvalue weighted by atomic mass is 9.78. The number of esters is 1.